The van der Waals surface area contributed by atoms with E-state index in [1.54, 1.807) is 11.3 Å². The van der Waals surface area contributed by atoms with Gasteiger partial charge in [-0.05, 0) is 32.4 Å². The topological polar surface area (TPSA) is 49.5 Å². The standard InChI is InChI=1S/C14H20N2OS/c1-14(17)5-3-7-16(11-14)9-13-8-12(10-18-13)4-2-6-15/h8,10,17H,3,5-7,9,11,15H2,1H3. The van der Waals surface area contributed by atoms with E-state index in [1.165, 1.54) is 4.88 Å². The molecule has 3 nitrogen and oxygen atoms in total. The van der Waals surface area contributed by atoms with Crippen LogP contribution in [0, 0.1) is 11.8 Å². The average molecular weight is 264 g/mol. The highest BCUT2D eigenvalue weighted by Gasteiger charge is 2.28. The molecule has 1 aromatic rings. The third kappa shape index (κ3) is 3.82. The van der Waals surface area contributed by atoms with Gasteiger partial charge in [0.15, 0.2) is 0 Å². The highest BCUT2D eigenvalue weighted by molar-refractivity contribution is 7.10. The van der Waals surface area contributed by atoms with Crippen molar-refractivity contribution in [3.63, 3.8) is 0 Å². The second-order valence-electron chi connectivity index (χ2n) is 5.12. The van der Waals surface area contributed by atoms with Gasteiger partial charge in [0.05, 0.1) is 12.1 Å². The summed E-state index contributed by atoms with van der Waals surface area (Å²) in [5.41, 5.74) is 5.87. The number of nitrogens with zero attached hydrogens (tertiary/aromatic N) is 1. The van der Waals surface area contributed by atoms with E-state index in [9.17, 15) is 5.11 Å². The first-order valence-electron chi connectivity index (χ1n) is 6.30. The van der Waals surface area contributed by atoms with Gasteiger partial charge in [-0.1, -0.05) is 11.8 Å². The molecule has 0 aromatic carbocycles. The van der Waals surface area contributed by atoms with Crippen molar-refractivity contribution in [2.75, 3.05) is 19.6 Å². The fourth-order valence-electron chi connectivity index (χ4n) is 2.36. The largest absolute Gasteiger partial charge is 0.389 e. The third-order valence-electron chi connectivity index (χ3n) is 3.12. The fraction of sp³-hybridized carbons (Fsp3) is 0.571. The molecule has 1 aliphatic rings. The number of thiophene rings is 1. The second-order valence-corrected chi connectivity index (χ2v) is 6.11. The Morgan fingerprint density at radius 3 is 3.17 bits per heavy atom. The number of nitrogens with two attached hydrogens (primary N) is 1. The summed E-state index contributed by atoms with van der Waals surface area (Å²) in [5, 5.41) is 12.1. The van der Waals surface area contributed by atoms with Crippen LogP contribution < -0.4 is 5.73 Å². The second kappa shape index (κ2) is 5.85. The SMILES string of the molecule is CC1(O)CCCN(Cc2cc(C#CCN)cs2)C1. The molecule has 2 rings (SSSR count). The van der Waals surface area contributed by atoms with Crippen molar-refractivity contribution in [3.8, 4) is 11.8 Å². The van der Waals surface area contributed by atoms with Crippen molar-refractivity contribution in [3.05, 3.63) is 21.9 Å². The first-order valence-corrected chi connectivity index (χ1v) is 7.18. The molecule has 2 heterocycles. The average Bonchev–Trinajstić information content (AvgIpc) is 2.73. The summed E-state index contributed by atoms with van der Waals surface area (Å²) < 4.78 is 0. The van der Waals surface area contributed by atoms with Gasteiger partial charge >= 0.3 is 0 Å². The van der Waals surface area contributed by atoms with Crippen molar-refractivity contribution in [1.82, 2.24) is 4.90 Å². The van der Waals surface area contributed by atoms with E-state index in [1.807, 2.05) is 6.92 Å². The van der Waals surface area contributed by atoms with Crippen LogP contribution in [0.3, 0.4) is 0 Å². The summed E-state index contributed by atoms with van der Waals surface area (Å²) in [6, 6.07) is 2.12. The number of hydrogen-bond acceptors (Lipinski definition) is 4. The molecule has 0 aliphatic carbocycles. The molecule has 1 unspecified atom stereocenters. The summed E-state index contributed by atoms with van der Waals surface area (Å²) >= 11 is 1.73. The molecule has 18 heavy (non-hydrogen) atoms. The monoisotopic (exact) mass is 264 g/mol. The Kier molecular flexibility index (Phi) is 4.41. The summed E-state index contributed by atoms with van der Waals surface area (Å²) in [7, 11) is 0. The normalized spacial score (nSPS) is 24.6. The summed E-state index contributed by atoms with van der Waals surface area (Å²) in [4.78, 5) is 3.61. The van der Waals surface area contributed by atoms with Crippen LogP contribution in [-0.2, 0) is 6.54 Å². The number of β-amino-alcohol motifs (C(OH)–C–C–N with tert-alkyl or cyclic N) is 1. The molecule has 0 bridgehead atoms. The van der Waals surface area contributed by atoms with Gasteiger partial charge in [-0.15, -0.1) is 11.3 Å². The van der Waals surface area contributed by atoms with Crippen LogP contribution >= 0.6 is 11.3 Å². The molecule has 1 aliphatic heterocycles. The Hall–Kier alpha value is -0.860. The van der Waals surface area contributed by atoms with E-state index in [-0.39, 0.29) is 0 Å². The van der Waals surface area contributed by atoms with Gasteiger partial charge in [-0.3, -0.25) is 4.90 Å². The Morgan fingerprint density at radius 2 is 2.44 bits per heavy atom. The first-order chi connectivity index (χ1) is 8.59. The number of hydrogen-bond donors (Lipinski definition) is 2. The lowest BCUT2D eigenvalue weighted by atomic mass is 9.95. The van der Waals surface area contributed by atoms with E-state index in [0.717, 1.165) is 38.0 Å². The summed E-state index contributed by atoms with van der Waals surface area (Å²) in [6.45, 7) is 5.06. The van der Waals surface area contributed by atoms with Gasteiger partial charge in [0.1, 0.15) is 0 Å². The molecule has 1 saturated heterocycles. The van der Waals surface area contributed by atoms with Crippen LogP contribution in [0.15, 0.2) is 11.4 Å². The van der Waals surface area contributed by atoms with E-state index < -0.39 is 5.60 Å². The number of piperidine rings is 1. The molecular weight excluding hydrogens is 244 g/mol. The summed E-state index contributed by atoms with van der Waals surface area (Å²) in [6.07, 6.45) is 1.97. The minimum Gasteiger partial charge on any atom is -0.389 e. The van der Waals surface area contributed by atoms with Crippen molar-refractivity contribution in [2.45, 2.75) is 31.9 Å². The number of aliphatic hydroxyl groups is 1. The zero-order chi connectivity index (χ0) is 13.0. The Morgan fingerprint density at radius 1 is 1.61 bits per heavy atom. The lowest BCUT2D eigenvalue weighted by Crippen LogP contribution is -2.45. The molecule has 98 valence electrons. The maximum Gasteiger partial charge on any atom is 0.0746 e. The number of rotatable bonds is 2. The lowest BCUT2D eigenvalue weighted by molar-refractivity contribution is -0.0178. The predicted octanol–water partition coefficient (Wildman–Crippen LogP) is 1.41. The molecule has 1 fully saturated rings. The van der Waals surface area contributed by atoms with E-state index in [0.29, 0.717) is 6.54 Å². The van der Waals surface area contributed by atoms with E-state index in [4.69, 9.17) is 5.73 Å². The van der Waals surface area contributed by atoms with Crippen LogP contribution in [0.5, 0.6) is 0 Å². The lowest BCUT2D eigenvalue weighted by Gasteiger charge is -2.36. The zero-order valence-electron chi connectivity index (χ0n) is 10.8. The molecule has 0 radical (unpaired) electrons. The smallest absolute Gasteiger partial charge is 0.0746 e. The van der Waals surface area contributed by atoms with Crippen LogP contribution in [-0.4, -0.2) is 35.2 Å². The first kappa shape index (κ1) is 13.6. The van der Waals surface area contributed by atoms with Gasteiger partial charge in [0, 0.05) is 28.9 Å². The van der Waals surface area contributed by atoms with Crippen LogP contribution in [0.25, 0.3) is 0 Å². The van der Waals surface area contributed by atoms with Crippen molar-refractivity contribution in [1.29, 1.82) is 0 Å². The van der Waals surface area contributed by atoms with Crippen LogP contribution in [0.2, 0.25) is 0 Å². The number of likely N-dealkylation sites (tertiary alicyclic amines) is 1. The Bertz CT molecular complexity index is 456. The molecule has 1 atom stereocenters. The summed E-state index contributed by atoms with van der Waals surface area (Å²) in [5.74, 6) is 5.91. The highest BCUT2D eigenvalue weighted by Crippen LogP contribution is 2.23. The molecular formula is C14H20N2OS. The molecule has 3 N–H and O–H groups in total. The molecule has 0 spiro atoms. The fourth-order valence-corrected chi connectivity index (χ4v) is 3.22. The maximum atomic E-state index is 10.1. The Balaban J connectivity index is 1.95. The quantitative estimate of drug-likeness (QED) is 0.794. The van der Waals surface area contributed by atoms with Gasteiger partial charge in [0.2, 0.25) is 0 Å². The predicted molar refractivity (Wildman–Crippen MR) is 75.4 cm³/mol. The maximum absolute atomic E-state index is 10.1. The van der Waals surface area contributed by atoms with Crippen molar-refractivity contribution in [2.24, 2.45) is 5.73 Å². The minimum atomic E-state index is -0.530. The van der Waals surface area contributed by atoms with Crippen LogP contribution in [0.4, 0.5) is 0 Å². The van der Waals surface area contributed by atoms with Gasteiger partial charge < -0.3 is 10.8 Å². The van der Waals surface area contributed by atoms with Crippen LogP contribution in [0.1, 0.15) is 30.2 Å². The molecule has 0 amide bonds. The van der Waals surface area contributed by atoms with Crippen molar-refractivity contribution < 1.29 is 5.11 Å². The third-order valence-corrected chi connectivity index (χ3v) is 4.04. The Labute approximate surface area is 113 Å². The van der Waals surface area contributed by atoms with E-state index >= 15 is 0 Å². The van der Waals surface area contributed by atoms with Gasteiger partial charge in [-0.2, -0.15) is 0 Å². The van der Waals surface area contributed by atoms with Gasteiger partial charge in [-0.25, -0.2) is 0 Å². The highest BCUT2D eigenvalue weighted by atomic mass is 32.1. The molecule has 1 aromatic heterocycles. The zero-order valence-corrected chi connectivity index (χ0v) is 11.6. The van der Waals surface area contributed by atoms with Gasteiger partial charge in [0.25, 0.3) is 0 Å². The van der Waals surface area contributed by atoms with Crippen molar-refractivity contribution >= 4 is 11.3 Å². The minimum absolute atomic E-state index is 0.403. The molecule has 4 heteroatoms. The van der Waals surface area contributed by atoms with E-state index in [2.05, 4.69) is 28.2 Å². The molecule has 0 saturated carbocycles.